The van der Waals surface area contributed by atoms with Crippen LogP contribution in [-0.4, -0.2) is 42.3 Å². The van der Waals surface area contributed by atoms with E-state index in [-0.39, 0.29) is 11.9 Å². The van der Waals surface area contributed by atoms with Gasteiger partial charge >= 0.3 is 0 Å². The minimum absolute atomic E-state index is 0.0710. The van der Waals surface area contributed by atoms with Crippen molar-refractivity contribution >= 4 is 5.91 Å². The number of benzene rings is 2. The number of carbonyl (C=O) groups excluding carboxylic acids is 1. The van der Waals surface area contributed by atoms with Crippen molar-refractivity contribution in [2.75, 3.05) is 21.3 Å². The number of nitrogens with zero attached hydrogens (tertiary/aromatic N) is 3. The van der Waals surface area contributed by atoms with Crippen molar-refractivity contribution in [3.8, 4) is 28.6 Å². The van der Waals surface area contributed by atoms with Gasteiger partial charge in [-0.3, -0.25) is 4.79 Å². The highest BCUT2D eigenvalue weighted by Gasteiger charge is 2.36. The molecule has 1 aliphatic rings. The molecule has 1 aromatic heterocycles. The smallest absolute Gasteiger partial charge is 0.249 e. The lowest BCUT2D eigenvalue weighted by molar-refractivity contribution is -0.129. The van der Waals surface area contributed by atoms with E-state index in [0.29, 0.717) is 42.6 Å². The highest BCUT2D eigenvalue weighted by atomic mass is 16.5. The van der Waals surface area contributed by atoms with Gasteiger partial charge in [-0.2, -0.15) is 4.98 Å². The molecule has 0 N–H and O–H groups in total. The molecule has 3 aromatic rings. The second-order valence-corrected chi connectivity index (χ2v) is 6.95. The molecule has 30 heavy (non-hydrogen) atoms. The van der Waals surface area contributed by atoms with Crippen LogP contribution in [0.15, 0.2) is 47.0 Å². The maximum absolute atomic E-state index is 12.5. The highest BCUT2D eigenvalue weighted by Crippen LogP contribution is 2.36. The van der Waals surface area contributed by atoms with E-state index in [1.807, 2.05) is 30.3 Å². The first-order valence-electron chi connectivity index (χ1n) is 9.61. The third-order valence-corrected chi connectivity index (χ3v) is 5.21. The van der Waals surface area contributed by atoms with Crippen LogP contribution in [0.5, 0.6) is 17.2 Å². The topological polar surface area (TPSA) is 86.9 Å². The van der Waals surface area contributed by atoms with Crippen molar-refractivity contribution in [3.05, 3.63) is 53.9 Å². The van der Waals surface area contributed by atoms with Crippen LogP contribution in [0.2, 0.25) is 0 Å². The van der Waals surface area contributed by atoms with Gasteiger partial charge in [-0.25, -0.2) is 0 Å². The normalized spacial score (nSPS) is 16.0. The number of methoxy groups -OCH3 is 3. The fourth-order valence-corrected chi connectivity index (χ4v) is 3.58. The third-order valence-electron chi connectivity index (χ3n) is 5.21. The largest absolute Gasteiger partial charge is 0.497 e. The Balaban J connectivity index is 1.56. The van der Waals surface area contributed by atoms with Crippen LogP contribution < -0.4 is 14.2 Å². The SMILES string of the molecule is COc1ccc(CN2C(=O)CCC2c2nc(-c3ccc(OC)c(OC)c3)no2)cc1. The van der Waals surface area contributed by atoms with Gasteiger partial charge in [0.2, 0.25) is 17.6 Å². The van der Waals surface area contributed by atoms with Gasteiger partial charge in [-0.1, -0.05) is 17.3 Å². The van der Waals surface area contributed by atoms with E-state index in [2.05, 4.69) is 10.1 Å². The fourth-order valence-electron chi connectivity index (χ4n) is 3.58. The number of carbonyl (C=O) groups is 1. The van der Waals surface area contributed by atoms with Crippen molar-refractivity contribution < 1.29 is 23.5 Å². The number of rotatable bonds is 7. The number of amides is 1. The quantitative estimate of drug-likeness (QED) is 0.589. The van der Waals surface area contributed by atoms with Crippen LogP contribution in [0, 0.1) is 0 Å². The van der Waals surface area contributed by atoms with E-state index in [0.717, 1.165) is 16.9 Å². The number of likely N-dealkylation sites (tertiary alicyclic amines) is 1. The van der Waals surface area contributed by atoms with Crippen molar-refractivity contribution in [1.82, 2.24) is 15.0 Å². The maximum Gasteiger partial charge on any atom is 0.249 e. The Labute approximate surface area is 174 Å². The van der Waals surface area contributed by atoms with E-state index in [4.69, 9.17) is 18.7 Å². The zero-order chi connectivity index (χ0) is 21.1. The summed E-state index contributed by atoms with van der Waals surface area (Å²) in [6.07, 6.45) is 1.09. The Morgan fingerprint density at radius 3 is 2.50 bits per heavy atom. The maximum atomic E-state index is 12.5. The van der Waals surface area contributed by atoms with E-state index in [1.54, 1.807) is 38.4 Å². The van der Waals surface area contributed by atoms with Crippen LogP contribution in [-0.2, 0) is 11.3 Å². The minimum atomic E-state index is -0.249. The number of hydrogen-bond acceptors (Lipinski definition) is 7. The summed E-state index contributed by atoms with van der Waals surface area (Å²) in [6, 6.07) is 12.8. The summed E-state index contributed by atoms with van der Waals surface area (Å²) in [5.41, 5.74) is 1.75. The molecule has 0 aliphatic carbocycles. The lowest BCUT2D eigenvalue weighted by Gasteiger charge is -2.22. The molecule has 1 fully saturated rings. The van der Waals surface area contributed by atoms with E-state index >= 15 is 0 Å². The Bertz CT molecular complexity index is 1030. The van der Waals surface area contributed by atoms with E-state index in [1.165, 1.54) is 0 Å². The summed E-state index contributed by atoms with van der Waals surface area (Å²) in [5, 5.41) is 4.11. The van der Waals surface area contributed by atoms with Crippen LogP contribution in [0.4, 0.5) is 0 Å². The van der Waals surface area contributed by atoms with Gasteiger partial charge in [0.05, 0.1) is 21.3 Å². The molecule has 0 bridgehead atoms. The Morgan fingerprint density at radius 1 is 1.03 bits per heavy atom. The molecule has 1 amide bonds. The predicted octanol–water partition coefficient (Wildman–Crippen LogP) is 3.63. The first-order chi connectivity index (χ1) is 14.6. The van der Waals surface area contributed by atoms with Gasteiger partial charge in [-0.05, 0) is 42.3 Å². The summed E-state index contributed by atoms with van der Waals surface area (Å²) in [6.45, 7) is 0.474. The minimum Gasteiger partial charge on any atom is -0.497 e. The van der Waals surface area contributed by atoms with Crippen LogP contribution in [0.3, 0.4) is 0 Å². The third kappa shape index (κ3) is 3.80. The zero-order valence-corrected chi connectivity index (χ0v) is 17.1. The number of hydrogen-bond donors (Lipinski definition) is 0. The van der Waals surface area contributed by atoms with E-state index < -0.39 is 0 Å². The molecule has 1 atom stereocenters. The first kappa shape index (κ1) is 19.8. The van der Waals surface area contributed by atoms with Gasteiger partial charge in [0.25, 0.3) is 0 Å². The molecule has 1 unspecified atom stereocenters. The van der Waals surface area contributed by atoms with Gasteiger partial charge in [0.1, 0.15) is 11.8 Å². The molecule has 1 saturated heterocycles. The van der Waals surface area contributed by atoms with Gasteiger partial charge < -0.3 is 23.6 Å². The zero-order valence-electron chi connectivity index (χ0n) is 17.1. The van der Waals surface area contributed by atoms with Crippen LogP contribution >= 0.6 is 0 Å². The molecule has 1 aliphatic heterocycles. The average molecular weight is 409 g/mol. The second-order valence-electron chi connectivity index (χ2n) is 6.95. The number of ether oxygens (including phenoxy) is 3. The second kappa shape index (κ2) is 8.44. The van der Waals surface area contributed by atoms with Gasteiger partial charge in [-0.15, -0.1) is 0 Å². The number of aromatic nitrogens is 2. The van der Waals surface area contributed by atoms with Crippen molar-refractivity contribution in [1.29, 1.82) is 0 Å². The summed E-state index contributed by atoms with van der Waals surface area (Å²) in [4.78, 5) is 18.8. The highest BCUT2D eigenvalue weighted by molar-refractivity contribution is 5.79. The molecule has 4 rings (SSSR count). The molecular weight excluding hydrogens is 386 g/mol. The molecule has 2 heterocycles. The molecule has 0 saturated carbocycles. The van der Waals surface area contributed by atoms with Crippen molar-refractivity contribution in [3.63, 3.8) is 0 Å². The summed E-state index contributed by atoms with van der Waals surface area (Å²) < 4.78 is 21.4. The summed E-state index contributed by atoms with van der Waals surface area (Å²) in [7, 11) is 4.78. The first-order valence-corrected chi connectivity index (χ1v) is 9.61. The molecule has 8 nitrogen and oxygen atoms in total. The predicted molar refractivity (Wildman–Crippen MR) is 108 cm³/mol. The Morgan fingerprint density at radius 2 is 1.80 bits per heavy atom. The molecule has 2 aromatic carbocycles. The van der Waals surface area contributed by atoms with Gasteiger partial charge in [0, 0.05) is 18.5 Å². The van der Waals surface area contributed by atoms with Crippen LogP contribution in [0.25, 0.3) is 11.4 Å². The van der Waals surface area contributed by atoms with E-state index in [9.17, 15) is 4.79 Å². The molecular formula is C22H23N3O5. The molecule has 156 valence electrons. The Hall–Kier alpha value is -3.55. The van der Waals surface area contributed by atoms with Crippen molar-refractivity contribution in [2.45, 2.75) is 25.4 Å². The monoisotopic (exact) mass is 409 g/mol. The van der Waals surface area contributed by atoms with Gasteiger partial charge in [0.15, 0.2) is 11.5 Å². The summed E-state index contributed by atoms with van der Waals surface area (Å²) >= 11 is 0. The lowest BCUT2D eigenvalue weighted by atomic mass is 10.1. The lowest BCUT2D eigenvalue weighted by Crippen LogP contribution is -2.27. The summed E-state index contributed by atoms with van der Waals surface area (Å²) in [5.74, 6) is 2.92. The fraction of sp³-hybridized carbons (Fsp3) is 0.318. The molecule has 8 heteroatoms. The molecule has 0 spiro atoms. The van der Waals surface area contributed by atoms with Crippen molar-refractivity contribution in [2.24, 2.45) is 0 Å². The molecule has 0 radical (unpaired) electrons. The van der Waals surface area contributed by atoms with Crippen LogP contribution in [0.1, 0.15) is 30.3 Å². The standard InChI is InChI=1S/C22H23N3O5/c1-27-16-7-4-14(5-8-16)13-25-17(9-11-20(25)26)22-23-21(24-30-22)15-6-10-18(28-2)19(12-15)29-3/h4-8,10,12,17H,9,11,13H2,1-3H3. The Kier molecular flexibility index (Phi) is 5.56. The average Bonchev–Trinajstić information content (AvgIpc) is 3.41.